The zero-order valence-electron chi connectivity index (χ0n) is 22.9. The average Bonchev–Trinajstić information content (AvgIpc) is 3.64. The molecule has 0 bridgehead atoms. The van der Waals surface area contributed by atoms with E-state index in [-0.39, 0.29) is 5.41 Å². The predicted molar refractivity (Wildman–Crippen MR) is 153 cm³/mol. The fourth-order valence-corrected chi connectivity index (χ4v) is 5.25. The van der Waals surface area contributed by atoms with Crippen LogP contribution >= 0.6 is 0 Å². The van der Waals surface area contributed by atoms with Crippen molar-refractivity contribution >= 4 is 17.6 Å². The van der Waals surface area contributed by atoms with Crippen LogP contribution in [-0.4, -0.2) is 48.6 Å². The molecule has 2 heterocycles. The fraction of sp³-hybridized carbons (Fsp3) is 0.258. The molecule has 0 atom stereocenters. The van der Waals surface area contributed by atoms with E-state index >= 15 is 0 Å². The molecule has 1 fully saturated rings. The molecule has 6 rings (SSSR count). The molecule has 0 saturated heterocycles. The number of rotatable bonds is 6. The first-order chi connectivity index (χ1) is 19.2. The van der Waals surface area contributed by atoms with Crippen LogP contribution in [0.1, 0.15) is 45.0 Å². The molecule has 9 nitrogen and oxygen atoms in total. The van der Waals surface area contributed by atoms with Crippen molar-refractivity contribution < 1.29 is 14.6 Å². The molecule has 202 valence electrons. The fourth-order valence-electron chi connectivity index (χ4n) is 5.25. The normalized spacial score (nSPS) is 14.2. The van der Waals surface area contributed by atoms with Crippen LogP contribution in [0.3, 0.4) is 0 Å². The number of hydrogen-bond acceptors (Lipinski definition) is 6. The number of aromatic nitrogens is 5. The van der Waals surface area contributed by atoms with Crippen molar-refractivity contribution in [2.24, 2.45) is 0 Å². The highest BCUT2D eigenvalue weighted by Crippen LogP contribution is 2.52. The second kappa shape index (κ2) is 9.44. The van der Waals surface area contributed by atoms with E-state index in [1.807, 2.05) is 75.4 Å². The van der Waals surface area contributed by atoms with Crippen molar-refractivity contribution in [2.75, 3.05) is 12.0 Å². The van der Waals surface area contributed by atoms with Crippen LogP contribution in [0.15, 0.2) is 79.0 Å². The monoisotopic (exact) mass is 534 g/mol. The van der Waals surface area contributed by atoms with Crippen molar-refractivity contribution in [1.29, 1.82) is 0 Å². The van der Waals surface area contributed by atoms with E-state index < -0.39 is 11.6 Å². The molecule has 0 aliphatic heterocycles. The largest absolute Gasteiger partial charge is 0.497 e. The van der Waals surface area contributed by atoms with Crippen LogP contribution in [0, 0.1) is 0 Å². The van der Waals surface area contributed by atoms with Gasteiger partial charge in [0, 0.05) is 16.8 Å². The van der Waals surface area contributed by atoms with Gasteiger partial charge >= 0.3 is 6.09 Å². The van der Waals surface area contributed by atoms with Gasteiger partial charge in [-0.25, -0.2) is 9.78 Å². The standard InChI is InChI=1S/C31H30N6O3/c1-30(2,3)36(29(38)39)24-12-8-20(9-13-24)21-6-5-7-22(18-21)26-19-32-28-34-33-27(37(28)35-26)31(16-17-31)23-10-14-25(40-4)15-11-23/h5-15,18-19H,16-17H2,1-4H3,(H,38,39). The summed E-state index contributed by atoms with van der Waals surface area (Å²) in [6.45, 7) is 5.62. The third-order valence-corrected chi connectivity index (χ3v) is 7.43. The van der Waals surface area contributed by atoms with E-state index in [1.54, 1.807) is 17.8 Å². The number of methoxy groups -OCH3 is 1. The highest BCUT2D eigenvalue weighted by atomic mass is 16.5. The van der Waals surface area contributed by atoms with Gasteiger partial charge in [0.2, 0.25) is 0 Å². The maximum Gasteiger partial charge on any atom is 0.412 e. The summed E-state index contributed by atoms with van der Waals surface area (Å²) in [5, 5.41) is 23.5. The van der Waals surface area contributed by atoms with Crippen molar-refractivity contribution in [3.05, 3.63) is 90.4 Å². The molecular weight excluding hydrogens is 504 g/mol. The second-order valence-corrected chi connectivity index (χ2v) is 11.1. The van der Waals surface area contributed by atoms with E-state index in [4.69, 9.17) is 9.84 Å². The van der Waals surface area contributed by atoms with E-state index in [9.17, 15) is 9.90 Å². The summed E-state index contributed by atoms with van der Waals surface area (Å²) >= 11 is 0. The average molecular weight is 535 g/mol. The number of carboxylic acid groups (broad SMARTS) is 1. The molecule has 9 heteroatoms. The van der Waals surface area contributed by atoms with Gasteiger partial charge in [-0.3, -0.25) is 4.90 Å². The van der Waals surface area contributed by atoms with Gasteiger partial charge in [0.1, 0.15) is 11.4 Å². The van der Waals surface area contributed by atoms with Gasteiger partial charge in [0.15, 0.2) is 5.82 Å². The number of hydrogen-bond donors (Lipinski definition) is 1. The minimum atomic E-state index is -0.982. The molecular formula is C31H30N6O3. The minimum absolute atomic E-state index is 0.237. The van der Waals surface area contributed by atoms with Gasteiger partial charge < -0.3 is 9.84 Å². The highest BCUT2D eigenvalue weighted by molar-refractivity contribution is 5.88. The number of nitrogens with zero attached hydrogens (tertiary/aromatic N) is 6. The molecule has 1 saturated carbocycles. The first kappa shape index (κ1) is 25.5. The highest BCUT2D eigenvalue weighted by Gasteiger charge is 2.50. The van der Waals surface area contributed by atoms with Gasteiger partial charge in [0.05, 0.1) is 18.7 Å². The van der Waals surface area contributed by atoms with Crippen LogP contribution in [0.5, 0.6) is 5.75 Å². The molecule has 2 aromatic heterocycles. The predicted octanol–water partition coefficient (Wildman–Crippen LogP) is 6.22. The summed E-state index contributed by atoms with van der Waals surface area (Å²) in [6.07, 6.45) is 2.67. The summed E-state index contributed by atoms with van der Waals surface area (Å²) in [5.74, 6) is 2.07. The Hall–Kier alpha value is -4.79. The number of anilines is 1. The second-order valence-electron chi connectivity index (χ2n) is 11.1. The lowest BCUT2D eigenvalue weighted by molar-refractivity contribution is 0.195. The van der Waals surface area contributed by atoms with Gasteiger partial charge in [-0.1, -0.05) is 42.5 Å². The molecule has 0 radical (unpaired) electrons. The molecule has 1 N–H and O–H groups in total. The van der Waals surface area contributed by atoms with Crippen LogP contribution in [0.25, 0.3) is 28.2 Å². The minimum Gasteiger partial charge on any atom is -0.497 e. The van der Waals surface area contributed by atoms with Crippen molar-refractivity contribution in [3.63, 3.8) is 0 Å². The Morgan fingerprint density at radius 1 is 0.950 bits per heavy atom. The van der Waals surface area contributed by atoms with E-state index in [0.717, 1.165) is 46.7 Å². The van der Waals surface area contributed by atoms with Crippen LogP contribution in [0.4, 0.5) is 10.5 Å². The summed E-state index contributed by atoms with van der Waals surface area (Å²) in [4.78, 5) is 17.8. The zero-order valence-corrected chi connectivity index (χ0v) is 22.9. The number of carbonyl (C=O) groups is 1. The number of ether oxygens (including phenoxy) is 1. The van der Waals surface area contributed by atoms with Crippen LogP contribution in [-0.2, 0) is 5.41 Å². The first-order valence-corrected chi connectivity index (χ1v) is 13.2. The van der Waals surface area contributed by atoms with Crippen molar-refractivity contribution in [2.45, 2.75) is 44.6 Å². The third kappa shape index (κ3) is 4.43. The zero-order chi connectivity index (χ0) is 28.1. The molecule has 0 spiro atoms. The van der Waals surface area contributed by atoms with E-state index in [0.29, 0.717) is 17.2 Å². The molecule has 1 aliphatic carbocycles. The number of benzene rings is 3. The summed E-state index contributed by atoms with van der Waals surface area (Å²) in [7, 11) is 1.66. The summed E-state index contributed by atoms with van der Waals surface area (Å²) in [6, 6.07) is 23.7. The molecule has 3 aromatic carbocycles. The number of amides is 1. The summed E-state index contributed by atoms with van der Waals surface area (Å²) < 4.78 is 7.09. The summed E-state index contributed by atoms with van der Waals surface area (Å²) in [5.41, 5.74) is 4.58. The topological polar surface area (TPSA) is 106 Å². The SMILES string of the molecule is COc1ccc(C2(c3nnc4ncc(-c5cccc(-c6ccc(N(C(=O)O)C(C)(C)C)cc6)c5)nn34)CC2)cc1. The quantitative estimate of drug-likeness (QED) is 0.275. The third-order valence-electron chi connectivity index (χ3n) is 7.43. The Kier molecular flexibility index (Phi) is 6.02. The van der Waals surface area contributed by atoms with Crippen LogP contribution < -0.4 is 9.64 Å². The maximum absolute atomic E-state index is 11.9. The van der Waals surface area contributed by atoms with Gasteiger partial charge in [-0.15, -0.1) is 10.2 Å². The lowest BCUT2D eigenvalue weighted by Crippen LogP contribution is -2.45. The van der Waals surface area contributed by atoms with Crippen molar-refractivity contribution in [1.82, 2.24) is 24.8 Å². The van der Waals surface area contributed by atoms with Crippen molar-refractivity contribution in [3.8, 4) is 28.1 Å². The Morgan fingerprint density at radius 3 is 2.27 bits per heavy atom. The van der Waals surface area contributed by atoms with Crippen LogP contribution in [0.2, 0.25) is 0 Å². The lowest BCUT2D eigenvalue weighted by Gasteiger charge is -2.33. The number of fused-ring (bicyclic) bond motifs is 1. The molecule has 1 aliphatic rings. The lowest BCUT2D eigenvalue weighted by atomic mass is 9.95. The molecule has 1 amide bonds. The Labute approximate surface area is 232 Å². The maximum atomic E-state index is 11.9. The van der Waals surface area contributed by atoms with E-state index in [1.165, 1.54) is 4.90 Å². The van der Waals surface area contributed by atoms with Gasteiger partial charge in [-0.05, 0) is 80.6 Å². The molecule has 40 heavy (non-hydrogen) atoms. The Morgan fingerprint density at radius 2 is 1.65 bits per heavy atom. The smallest absolute Gasteiger partial charge is 0.412 e. The molecule has 0 unspecified atom stereocenters. The Balaban J connectivity index is 1.33. The van der Waals surface area contributed by atoms with Gasteiger partial charge in [-0.2, -0.15) is 9.61 Å². The first-order valence-electron chi connectivity index (χ1n) is 13.2. The molecule has 5 aromatic rings. The Bertz CT molecular complexity index is 1700. The van der Waals surface area contributed by atoms with E-state index in [2.05, 4.69) is 33.4 Å². The van der Waals surface area contributed by atoms with Gasteiger partial charge in [0.25, 0.3) is 5.78 Å².